The highest BCUT2D eigenvalue weighted by Crippen LogP contribution is 2.34. The highest BCUT2D eigenvalue weighted by molar-refractivity contribution is 7.21. The molecule has 90 valence electrons. The van der Waals surface area contributed by atoms with Crippen LogP contribution in [0.4, 0.5) is 5.69 Å². The smallest absolute Gasteiger partial charge is 0.126 e. The third-order valence-electron chi connectivity index (χ3n) is 2.68. The Morgan fingerprint density at radius 3 is 2.89 bits per heavy atom. The summed E-state index contributed by atoms with van der Waals surface area (Å²) in [7, 11) is 1.62. The van der Waals surface area contributed by atoms with Crippen molar-refractivity contribution >= 4 is 27.2 Å². The van der Waals surface area contributed by atoms with Gasteiger partial charge in [-0.1, -0.05) is 0 Å². The highest BCUT2D eigenvalue weighted by Gasteiger charge is 2.09. The molecule has 0 spiro atoms. The number of fused-ring (bicyclic) bond motifs is 1. The highest BCUT2D eigenvalue weighted by atomic mass is 32.1. The molecule has 0 fully saturated rings. The van der Waals surface area contributed by atoms with Crippen molar-refractivity contribution in [3.63, 3.8) is 0 Å². The molecule has 0 amide bonds. The quantitative estimate of drug-likeness (QED) is 0.717. The van der Waals surface area contributed by atoms with Crippen LogP contribution >= 0.6 is 11.3 Å². The number of hydrogen-bond donors (Lipinski definition) is 1. The summed E-state index contributed by atoms with van der Waals surface area (Å²) in [4.78, 5) is 8.60. The van der Waals surface area contributed by atoms with E-state index in [4.69, 9.17) is 10.5 Å². The van der Waals surface area contributed by atoms with Crippen LogP contribution in [0.5, 0.6) is 5.75 Å². The molecular formula is C13H11N3OS. The van der Waals surface area contributed by atoms with Crippen LogP contribution in [0, 0.1) is 0 Å². The maximum Gasteiger partial charge on any atom is 0.126 e. The summed E-state index contributed by atoms with van der Waals surface area (Å²) < 4.78 is 6.24. The second-order valence-corrected chi connectivity index (χ2v) is 4.85. The topological polar surface area (TPSA) is 61.0 Å². The first-order valence-corrected chi connectivity index (χ1v) is 6.24. The zero-order valence-electron chi connectivity index (χ0n) is 9.75. The molecule has 18 heavy (non-hydrogen) atoms. The number of nitrogens with zero attached hydrogens (tertiary/aromatic N) is 2. The first-order valence-electron chi connectivity index (χ1n) is 5.42. The molecule has 1 aromatic carbocycles. The van der Waals surface area contributed by atoms with Gasteiger partial charge in [0.15, 0.2) is 0 Å². The van der Waals surface area contributed by atoms with Crippen LogP contribution < -0.4 is 10.5 Å². The van der Waals surface area contributed by atoms with E-state index >= 15 is 0 Å². The van der Waals surface area contributed by atoms with Gasteiger partial charge in [-0.05, 0) is 18.2 Å². The monoisotopic (exact) mass is 257 g/mol. The number of methoxy groups -OCH3 is 1. The van der Waals surface area contributed by atoms with Crippen molar-refractivity contribution in [2.75, 3.05) is 12.8 Å². The summed E-state index contributed by atoms with van der Waals surface area (Å²) in [5.74, 6) is 0.749. The largest absolute Gasteiger partial charge is 0.497 e. The van der Waals surface area contributed by atoms with Gasteiger partial charge >= 0.3 is 0 Å². The first-order chi connectivity index (χ1) is 8.78. The summed E-state index contributed by atoms with van der Waals surface area (Å²) in [5.41, 5.74) is 8.51. The minimum Gasteiger partial charge on any atom is -0.497 e. The van der Waals surface area contributed by atoms with Crippen LogP contribution in [-0.2, 0) is 0 Å². The van der Waals surface area contributed by atoms with Gasteiger partial charge in [-0.2, -0.15) is 0 Å². The maximum atomic E-state index is 6.02. The Kier molecular flexibility index (Phi) is 2.60. The number of nitrogens with two attached hydrogens (primary N) is 1. The summed E-state index contributed by atoms with van der Waals surface area (Å²) in [5, 5.41) is 0.901. The molecule has 0 atom stereocenters. The molecular weight excluding hydrogens is 246 g/mol. The van der Waals surface area contributed by atoms with E-state index in [-0.39, 0.29) is 0 Å². The van der Waals surface area contributed by atoms with Gasteiger partial charge in [0.2, 0.25) is 0 Å². The first kappa shape index (κ1) is 11.0. The number of hydrogen-bond acceptors (Lipinski definition) is 5. The summed E-state index contributed by atoms with van der Waals surface area (Å²) in [6.07, 6.45) is 3.52. The summed E-state index contributed by atoms with van der Waals surface area (Å²) in [6, 6.07) is 7.57. The normalized spacial score (nSPS) is 10.7. The third kappa shape index (κ3) is 1.78. The van der Waals surface area contributed by atoms with Gasteiger partial charge in [0, 0.05) is 23.5 Å². The number of thiazole rings is 1. The molecule has 3 aromatic rings. The van der Waals surface area contributed by atoms with Crippen LogP contribution in [0.15, 0.2) is 36.7 Å². The molecule has 0 aliphatic rings. The fourth-order valence-electron chi connectivity index (χ4n) is 1.76. The molecule has 2 N–H and O–H groups in total. The van der Waals surface area contributed by atoms with Crippen molar-refractivity contribution in [1.29, 1.82) is 0 Å². The Morgan fingerprint density at radius 2 is 2.17 bits per heavy atom. The van der Waals surface area contributed by atoms with E-state index in [2.05, 4.69) is 9.97 Å². The molecule has 0 saturated carbocycles. The minimum atomic E-state index is 0.668. The van der Waals surface area contributed by atoms with Crippen molar-refractivity contribution in [3.8, 4) is 16.3 Å². The molecule has 0 bridgehead atoms. The standard InChI is InChI=1S/C13H11N3OS/c1-17-8-2-3-9(10(14)6-8)13-16-11-7-15-5-4-12(11)18-13/h2-7H,14H2,1H3. The third-order valence-corrected chi connectivity index (χ3v) is 3.75. The SMILES string of the molecule is COc1ccc(-c2nc3cnccc3s2)c(N)c1. The van der Waals surface area contributed by atoms with E-state index in [0.29, 0.717) is 5.69 Å². The number of anilines is 1. The molecule has 4 nitrogen and oxygen atoms in total. The molecule has 2 aromatic heterocycles. The Hall–Kier alpha value is -2.14. The van der Waals surface area contributed by atoms with Crippen LogP contribution in [0.25, 0.3) is 20.8 Å². The lowest BCUT2D eigenvalue weighted by molar-refractivity contribution is 0.415. The molecule has 3 rings (SSSR count). The van der Waals surface area contributed by atoms with Gasteiger partial charge in [0.25, 0.3) is 0 Å². The van der Waals surface area contributed by atoms with Crippen LogP contribution in [-0.4, -0.2) is 17.1 Å². The van der Waals surface area contributed by atoms with Gasteiger partial charge in [-0.15, -0.1) is 11.3 Å². The van der Waals surface area contributed by atoms with Crippen molar-refractivity contribution in [2.24, 2.45) is 0 Å². The zero-order valence-corrected chi connectivity index (χ0v) is 10.6. The van der Waals surface area contributed by atoms with Gasteiger partial charge in [-0.25, -0.2) is 4.98 Å². The zero-order chi connectivity index (χ0) is 12.5. The van der Waals surface area contributed by atoms with Gasteiger partial charge in [-0.3, -0.25) is 4.98 Å². The van der Waals surface area contributed by atoms with E-state index < -0.39 is 0 Å². The van der Waals surface area contributed by atoms with Crippen LogP contribution in [0.2, 0.25) is 0 Å². The number of aromatic nitrogens is 2. The molecule has 5 heteroatoms. The van der Waals surface area contributed by atoms with E-state index in [0.717, 1.165) is 26.5 Å². The number of ether oxygens (including phenoxy) is 1. The van der Waals surface area contributed by atoms with Crippen LogP contribution in [0.1, 0.15) is 0 Å². The molecule has 2 heterocycles. The van der Waals surface area contributed by atoms with E-state index in [1.54, 1.807) is 36.9 Å². The number of pyridine rings is 1. The van der Waals surface area contributed by atoms with Crippen LogP contribution in [0.3, 0.4) is 0 Å². The van der Waals surface area contributed by atoms with Gasteiger partial charge in [0.1, 0.15) is 16.3 Å². The molecule has 0 saturated heterocycles. The van der Waals surface area contributed by atoms with E-state index in [1.165, 1.54) is 0 Å². The molecule has 0 unspecified atom stereocenters. The van der Waals surface area contributed by atoms with Gasteiger partial charge in [0.05, 0.1) is 18.0 Å². The Balaban J connectivity index is 2.14. The summed E-state index contributed by atoms with van der Waals surface area (Å²) >= 11 is 1.61. The van der Waals surface area contributed by atoms with E-state index in [1.807, 2.05) is 18.2 Å². The Morgan fingerprint density at radius 1 is 1.28 bits per heavy atom. The maximum absolute atomic E-state index is 6.02. The average molecular weight is 257 g/mol. The summed E-state index contributed by atoms with van der Waals surface area (Å²) in [6.45, 7) is 0. The second kappa shape index (κ2) is 4.27. The van der Waals surface area contributed by atoms with Crippen molar-refractivity contribution in [1.82, 2.24) is 9.97 Å². The fourth-order valence-corrected chi connectivity index (χ4v) is 2.74. The lowest BCUT2D eigenvalue weighted by Crippen LogP contribution is -1.91. The number of benzene rings is 1. The number of rotatable bonds is 2. The lowest BCUT2D eigenvalue weighted by atomic mass is 10.2. The predicted octanol–water partition coefficient (Wildman–Crippen LogP) is 2.95. The molecule has 0 aliphatic heterocycles. The second-order valence-electron chi connectivity index (χ2n) is 3.82. The lowest BCUT2D eigenvalue weighted by Gasteiger charge is -2.04. The van der Waals surface area contributed by atoms with Gasteiger partial charge < -0.3 is 10.5 Å². The van der Waals surface area contributed by atoms with E-state index in [9.17, 15) is 0 Å². The molecule has 0 aliphatic carbocycles. The Labute approximate surface area is 108 Å². The van der Waals surface area contributed by atoms with Crippen molar-refractivity contribution < 1.29 is 4.74 Å². The fraction of sp³-hybridized carbons (Fsp3) is 0.0769. The number of nitrogen functional groups attached to an aromatic ring is 1. The minimum absolute atomic E-state index is 0.668. The average Bonchev–Trinajstić information content (AvgIpc) is 2.81. The van der Waals surface area contributed by atoms with Crippen molar-refractivity contribution in [3.05, 3.63) is 36.7 Å². The Bertz CT molecular complexity index is 675. The predicted molar refractivity (Wildman–Crippen MR) is 73.8 cm³/mol. The van der Waals surface area contributed by atoms with Crippen molar-refractivity contribution in [2.45, 2.75) is 0 Å². The molecule has 0 radical (unpaired) electrons.